The SMILES string of the molecule is Cc1ccc(-c2cnc(NCc3cccc(OCc4ccccc4)c3)n2C)cc1. The quantitative estimate of drug-likeness (QED) is 0.452. The number of imidazole rings is 1. The Bertz CT molecular complexity index is 1070. The molecular formula is C25H25N3O. The summed E-state index contributed by atoms with van der Waals surface area (Å²) < 4.78 is 8.02. The van der Waals surface area contributed by atoms with Crippen LogP contribution in [0.2, 0.25) is 0 Å². The number of ether oxygens (including phenoxy) is 1. The van der Waals surface area contributed by atoms with Crippen LogP contribution in [0.5, 0.6) is 5.75 Å². The Labute approximate surface area is 171 Å². The lowest BCUT2D eigenvalue weighted by Gasteiger charge is -2.11. The third-order valence-corrected chi connectivity index (χ3v) is 4.93. The van der Waals surface area contributed by atoms with E-state index in [-0.39, 0.29) is 0 Å². The van der Waals surface area contributed by atoms with Gasteiger partial charge in [-0.25, -0.2) is 4.98 Å². The number of hydrogen-bond acceptors (Lipinski definition) is 3. The molecule has 1 N–H and O–H groups in total. The maximum Gasteiger partial charge on any atom is 0.203 e. The van der Waals surface area contributed by atoms with Gasteiger partial charge in [0.1, 0.15) is 12.4 Å². The van der Waals surface area contributed by atoms with Crippen LogP contribution in [0.4, 0.5) is 5.95 Å². The van der Waals surface area contributed by atoms with Gasteiger partial charge in [-0.1, -0.05) is 72.3 Å². The highest BCUT2D eigenvalue weighted by atomic mass is 16.5. The highest BCUT2D eigenvalue weighted by Gasteiger charge is 2.08. The van der Waals surface area contributed by atoms with E-state index < -0.39 is 0 Å². The fourth-order valence-electron chi connectivity index (χ4n) is 3.23. The summed E-state index contributed by atoms with van der Waals surface area (Å²) in [5.74, 6) is 1.71. The molecule has 29 heavy (non-hydrogen) atoms. The minimum absolute atomic E-state index is 0.566. The van der Waals surface area contributed by atoms with Crippen LogP contribution in [-0.2, 0) is 20.2 Å². The van der Waals surface area contributed by atoms with Crippen LogP contribution in [0.25, 0.3) is 11.3 Å². The van der Waals surface area contributed by atoms with Crippen molar-refractivity contribution in [3.8, 4) is 17.0 Å². The summed E-state index contributed by atoms with van der Waals surface area (Å²) >= 11 is 0. The van der Waals surface area contributed by atoms with Crippen LogP contribution in [0, 0.1) is 6.92 Å². The molecule has 4 heteroatoms. The Hall–Kier alpha value is -3.53. The van der Waals surface area contributed by atoms with Gasteiger partial charge in [0, 0.05) is 13.6 Å². The van der Waals surface area contributed by atoms with Gasteiger partial charge in [-0.2, -0.15) is 0 Å². The first-order chi connectivity index (χ1) is 14.2. The third kappa shape index (κ3) is 4.66. The number of nitrogens with zero attached hydrogens (tertiary/aromatic N) is 2. The summed E-state index contributed by atoms with van der Waals surface area (Å²) in [6.07, 6.45) is 1.91. The molecule has 0 saturated carbocycles. The van der Waals surface area contributed by atoms with Crippen LogP contribution < -0.4 is 10.1 Å². The minimum Gasteiger partial charge on any atom is -0.489 e. The standard InChI is InChI=1S/C25H25N3O/c1-19-11-13-22(14-12-19)24-17-27-25(28(24)2)26-16-21-9-6-10-23(15-21)29-18-20-7-4-3-5-8-20/h3-15,17H,16,18H2,1-2H3,(H,26,27). The normalized spacial score (nSPS) is 10.7. The van der Waals surface area contributed by atoms with E-state index in [0.29, 0.717) is 13.2 Å². The van der Waals surface area contributed by atoms with Gasteiger partial charge in [-0.15, -0.1) is 0 Å². The predicted molar refractivity (Wildman–Crippen MR) is 118 cm³/mol. The van der Waals surface area contributed by atoms with E-state index in [4.69, 9.17) is 4.74 Å². The number of aromatic nitrogens is 2. The van der Waals surface area contributed by atoms with Crippen molar-refractivity contribution < 1.29 is 4.74 Å². The van der Waals surface area contributed by atoms with E-state index in [1.807, 2.05) is 43.6 Å². The van der Waals surface area contributed by atoms with Gasteiger partial charge < -0.3 is 14.6 Å². The second-order valence-corrected chi connectivity index (χ2v) is 7.17. The smallest absolute Gasteiger partial charge is 0.203 e. The fourth-order valence-corrected chi connectivity index (χ4v) is 3.23. The Morgan fingerprint density at radius 1 is 0.897 bits per heavy atom. The highest BCUT2D eigenvalue weighted by Crippen LogP contribution is 2.23. The summed E-state index contributed by atoms with van der Waals surface area (Å²) in [4.78, 5) is 4.55. The summed E-state index contributed by atoms with van der Waals surface area (Å²) in [5, 5.41) is 3.43. The zero-order valence-corrected chi connectivity index (χ0v) is 16.8. The molecule has 0 fully saturated rings. The number of hydrogen-bond donors (Lipinski definition) is 1. The Balaban J connectivity index is 1.40. The van der Waals surface area contributed by atoms with E-state index in [1.54, 1.807) is 0 Å². The van der Waals surface area contributed by atoms with Gasteiger partial charge >= 0.3 is 0 Å². The van der Waals surface area contributed by atoms with Crippen molar-refractivity contribution in [2.75, 3.05) is 5.32 Å². The molecule has 3 aromatic carbocycles. The second-order valence-electron chi connectivity index (χ2n) is 7.17. The van der Waals surface area contributed by atoms with Crippen molar-refractivity contribution in [1.82, 2.24) is 9.55 Å². The molecule has 0 spiro atoms. The van der Waals surface area contributed by atoms with E-state index >= 15 is 0 Å². The summed E-state index contributed by atoms with van der Waals surface area (Å²) in [6.45, 7) is 3.34. The van der Waals surface area contributed by atoms with Crippen LogP contribution in [0.3, 0.4) is 0 Å². The van der Waals surface area contributed by atoms with Gasteiger partial charge in [-0.05, 0) is 35.7 Å². The molecule has 0 aliphatic carbocycles. The molecule has 0 atom stereocenters. The molecule has 0 aliphatic heterocycles. The van der Waals surface area contributed by atoms with Crippen molar-refractivity contribution >= 4 is 5.95 Å². The second kappa shape index (κ2) is 8.65. The van der Waals surface area contributed by atoms with Crippen LogP contribution in [0.15, 0.2) is 85.1 Å². The van der Waals surface area contributed by atoms with E-state index in [0.717, 1.165) is 34.1 Å². The van der Waals surface area contributed by atoms with Crippen LogP contribution in [-0.4, -0.2) is 9.55 Å². The lowest BCUT2D eigenvalue weighted by atomic mass is 10.1. The molecule has 4 aromatic rings. The molecule has 146 valence electrons. The van der Waals surface area contributed by atoms with Gasteiger partial charge in [0.2, 0.25) is 5.95 Å². The molecule has 0 saturated heterocycles. The lowest BCUT2D eigenvalue weighted by molar-refractivity contribution is 0.306. The van der Waals surface area contributed by atoms with E-state index in [2.05, 4.69) is 70.3 Å². The van der Waals surface area contributed by atoms with Gasteiger partial charge in [0.05, 0.1) is 11.9 Å². The molecule has 0 aliphatic rings. The monoisotopic (exact) mass is 383 g/mol. The largest absolute Gasteiger partial charge is 0.489 e. The summed E-state index contributed by atoms with van der Waals surface area (Å²) in [7, 11) is 2.03. The maximum absolute atomic E-state index is 5.93. The Morgan fingerprint density at radius 3 is 2.45 bits per heavy atom. The molecule has 0 unspecified atom stereocenters. The van der Waals surface area contributed by atoms with Crippen molar-refractivity contribution in [2.45, 2.75) is 20.1 Å². The zero-order valence-electron chi connectivity index (χ0n) is 16.8. The van der Waals surface area contributed by atoms with E-state index in [9.17, 15) is 0 Å². The number of anilines is 1. The lowest BCUT2D eigenvalue weighted by Crippen LogP contribution is -2.06. The summed E-state index contributed by atoms with van der Waals surface area (Å²) in [6, 6.07) is 26.9. The number of rotatable bonds is 7. The van der Waals surface area contributed by atoms with E-state index in [1.165, 1.54) is 5.56 Å². The first-order valence-corrected chi connectivity index (χ1v) is 9.77. The van der Waals surface area contributed by atoms with Crippen molar-refractivity contribution in [2.24, 2.45) is 7.05 Å². The van der Waals surface area contributed by atoms with Crippen molar-refractivity contribution in [1.29, 1.82) is 0 Å². The molecule has 4 nitrogen and oxygen atoms in total. The molecule has 0 amide bonds. The van der Waals surface area contributed by atoms with Crippen molar-refractivity contribution in [3.63, 3.8) is 0 Å². The average Bonchev–Trinajstić information content (AvgIpc) is 3.13. The first-order valence-electron chi connectivity index (χ1n) is 9.77. The van der Waals surface area contributed by atoms with Crippen LogP contribution >= 0.6 is 0 Å². The fraction of sp³-hybridized carbons (Fsp3) is 0.160. The molecule has 0 bridgehead atoms. The van der Waals surface area contributed by atoms with Gasteiger partial charge in [0.25, 0.3) is 0 Å². The minimum atomic E-state index is 0.566. The Kier molecular flexibility index (Phi) is 5.61. The molecule has 1 aromatic heterocycles. The van der Waals surface area contributed by atoms with Gasteiger partial charge in [0.15, 0.2) is 0 Å². The number of benzene rings is 3. The first kappa shape index (κ1) is 18.8. The number of nitrogens with one attached hydrogen (secondary N) is 1. The molecule has 1 heterocycles. The molecular weight excluding hydrogens is 358 g/mol. The van der Waals surface area contributed by atoms with Crippen LogP contribution in [0.1, 0.15) is 16.7 Å². The zero-order chi connectivity index (χ0) is 20.1. The molecule has 4 rings (SSSR count). The Morgan fingerprint density at radius 2 is 1.66 bits per heavy atom. The molecule has 0 radical (unpaired) electrons. The van der Waals surface area contributed by atoms with Gasteiger partial charge in [-0.3, -0.25) is 0 Å². The highest BCUT2D eigenvalue weighted by molar-refractivity contribution is 5.61. The predicted octanol–water partition coefficient (Wildman–Crippen LogP) is 5.59. The number of aryl methyl sites for hydroxylation is 1. The third-order valence-electron chi connectivity index (χ3n) is 4.93. The topological polar surface area (TPSA) is 39.1 Å². The van der Waals surface area contributed by atoms with Crippen molar-refractivity contribution in [3.05, 3.63) is 102 Å². The average molecular weight is 383 g/mol. The summed E-state index contributed by atoms with van der Waals surface area (Å²) in [5.41, 5.74) is 5.81. The maximum atomic E-state index is 5.93.